The van der Waals surface area contributed by atoms with Gasteiger partial charge in [0.25, 0.3) is 0 Å². The van der Waals surface area contributed by atoms with E-state index >= 15 is 0 Å². The molecule has 0 heterocycles. The number of amides is 2. The van der Waals surface area contributed by atoms with E-state index in [1.165, 1.54) is 11.8 Å². The number of primary amides is 1. The van der Waals surface area contributed by atoms with E-state index in [1.807, 2.05) is 24.3 Å². The molecule has 3 N–H and O–H groups in total. The van der Waals surface area contributed by atoms with Crippen LogP contribution in [0.5, 0.6) is 0 Å². The van der Waals surface area contributed by atoms with Crippen LogP contribution in [0.25, 0.3) is 0 Å². The van der Waals surface area contributed by atoms with Crippen LogP contribution in [0, 0.1) is 0 Å². The molecule has 0 aliphatic carbocycles. The number of carbonyl (C=O) groups excluding carboxylic acids is 2. The van der Waals surface area contributed by atoms with Crippen molar-refractivity contribution in [2.75, 3.05) is 11.1 Å². The number of benzene rings is 2. The predicted molar refractivity (Wildman–Crippen MR) is 92.8 cm³/mol. The molecule has 0 bridgehead atoms. The standard InChI is InChI=1S/C16H15BrN2O2S/c17-12-3-7-14(8-4-12)22-10-16(21)19-13-5-1-11(2-6-13)9-15(18)20/h1-8H,9-10H2,(H2,18,20)(H,19,21). The van der Waals surface area contributed by atoms with Crippen LogP contribution >= 0.6 is 27.7 Å². The van der Waals surface area contributed by atoms with Crippen LogP contribution in [0.2, 0.25) is 0 Å². The van der Waals surface area contributed by atoms with Gasteiger partial charge in [-0.05, 0) is 42.0 Å². The van der Waals surface area contributed by atoms with Gasteiger partial charge in [0.2, 0.25) is 11.8 Å². The quantitative estimate of drug-likeness (QED) is 0.758. The van der Waals surface area contributed by atoms with Gasteiger partial charge in [-0.15, -0.1) is 11.8 Å². The average Bonchev–Trinajstić information content (AvgIpc) is 2.48. The number of carbonyl (C=O) groups is 2. The van der Waals surface area contributed by atoms with Crippen LogP contribution in [0.3, 0.4) is 0 Å². The monoisotopic (exact) mass is 378 g/mol. The van der Waals surface area contributed by atoms with E-state index in [1.54, 1.807) is 24.3 Å². The molecule has 22 heavy (non-hydrogen) atoms. The molecule has 0 radical (unpaired) electrons. The number of hydrogen-bond donors (Lipinski definition) is 2. The second-order valence-corrected chi connectivity index (χ2v) is 6.60. The first-order chi connectivity index (χ1) is 10.5. The lowest BCUT2D eigenvalue weighted by molar-refractivity contribution is -0.117. The SMILES string of the molecule is NC(=O)Cc1ccc(NC(=O)CSc2ccc(Br)cc2)cc1. The zero-order chi connectivity index (χ0) is 15.9. The minimum absolute atomic E-state index is 0.0735. The predicted octanol–water partition coefficient (Wildman–Crippen LogP) is 3.21. The molecular formula is C16H15BrN2O2S. The Hall–Kier alpha value is -1.79. The van der Waals surface area contributed by atoms with Gasteiger partial charge in [-0.1, -0.05) is 28.1 Å². The van der Waals surface area contributed by atoms with Gasteiger partial charge in [-0.25, -0.2) is 0 Å². The molecule has 0 atom stereocenters. The van der Waals surface area contributed by atoms with Crippen molar-refractivity contribution in [1.82, 2.24) is 0 Å². The normalized spacial score (nSPS) is 10.2. The van der Waals surface area contributed by atoms with Gasteiger partial charge in [0, 0.05) is 15.1 Å². The van der Waals surface area contributed by atoms with Crippen LogP contribution in [0.1, 0.15) is 5.56 Å². The van der Waals surface area contributed by atoms with E-state index in [0.29, 0.717) is 11.4 Å². The molecular weight excluding hydrogens is 364 g/mol. The summed E-state index contributed by atoms with van der Waals surface area (Å²) in [4.78, 5) is 23.8. The molecule has 114 valence electrons. The molecule has 4 nitrogen and oxygen atoms in total. The molecule has 0 aliphatic heterocycles. The van der Waals surface area contributed by atoms with E-state index in [9.17, 15) is 9.59 Å². The van der Waals surface area contributed by atoms with Gasteiger partial charge in [-0.3, -0.25) is 9.59 Å². The van der Waals surface area contributed by atoms with Crippen molar-refractivity contribution in [3.05, 3.63) is 58.6 Å². The Bertz CT molecular complexity index is 657. The largest absolute Gasteiger partial charge is 0.369 e. The zero-order valence-corrected chi connectivity index (χ0v) is 14.1. The van der Waals surface area contributed by atoms with E-state index in [4.69, 9.17) is 5.73 Å². The molecule has 2 aromatic carbocycles. The van der Waals surface area contributed by atoms with Gasteiger partial charge in [0.05, 0.1) is 12.2 Å². The summed E-state index contributed by atoms with van der Waals surface area (Å²) in [7, 11) is 0. The van der Waals surface area contributed by atoms with E-state index in [0.717, 1.165) is 14.9 Å². The fourth-order valence-electron chi connectivity index (χ4n) is 1.78. The maximum atomic E-state index is 11.9. The third-order valence-electron chi connectivity index (χ3n) is 2.80. The summed E-state index contributed by atoms with van der Waals surface area (Å²) in [5, 5.41) is 2.82. The number of thioether (sulfide) groups is 1. The molecule has 2 amide bonds. The summed E-state index contributed by atoms with van der Waals surface area (Å²) >= 11 is 4.85. The Labute approximate surface area is 141 Å². The van der Waals surface area contributed by atoms with E-state index in [-0.39, 0.29) is 18.2 Å². The highest BCUT2D eigenvalue weighted by atomic mass is 79.9. The number of nitrogens with two attached hydrogens (primary N) is 1. The highest BCUT2D eigenvalue weighted by molar-refractivity contribution is 9.10. The van der Waals surface area contributed by atoms with Gasteiger partial charge in [-0.2, -0.15) is 0 Å². The second kappa shape index (κ2) is 8.00. The average molecular weight is 379 g/mol. The number of halogens is 1. The first kappa shape index (κ1) is 16.6. The number of anilines is 1. The van der Waals surface area contributed by atoms with Gasteiger partial charge < -0.3 is 11.1 Å². The fraction of sp³-hybridized carbons (Fsp3) is 0.125. The number of hydrogen-bond acceptors (Lipinski definition) is 3. The van der Waals surface area contributed by atoms with Crippen molar-refractivity contribution < 1.29 is 9.59 Å². The lowest BCUT2D eigenvalue weighted by Crippen LogP contribution is -2.15. The Morgan fingerprint density at radius 3 is 2.27 bits per heavy atom. The third-order valence-corrected chi connectivity index (χ3v) is 4.34. The van der Waals surface area contributed by atoms with Crippen LogP contribution in [0.4, 0.5) is 5.69 Å². The zero-order valence-electron chi connectivity index (χ0n) is 11.7. The highest BCUT2D eigenvalue weighted by Crippen LogP contribution is 2.21. The topological polar surface area (TPSA) is 72.2 Å². The van der Waals surface area contributed by atoms with Gasteiger partial charge >= 0.3 is 0 Å². The third kappa shape index (κ3) is 5.54. The summed E-state index contributed by atoms with van der Waals surface area (Å²) < 4.78 is 1.01. The van der Waals surface area contributed by atoms with Crippen LogP contribution in [0.15, 0.2) is 57.9 Å². The molecule has 0 saturated carbocycles. The maximum Gasteiger partial charge on any atom is 0.234 e. The maximum absolute atomic E-state index is 11.9. The summed E-state index contributed by atoms with van der Waals surface area (Å²) in [6.07, 6.45) is 0.202. The van der Waals surface area contributed by atoms with Crippen molar-refractivity contribution >= 4 is 45.2 Å². The van der Waals surface area contributed by atoms with Crippen molar-refractivity contribution in [2.24, 2.45) is 5.73 Å². The molecule has 0 spiro atoms. The molecule has 2 aromatic rings. The molecule has 2 rings (SSSR count). The van der Waals surface area contributed by atoms with Crippen molar-refractivity contribution in [3.63, 3.8) is 0 Å². The summed E-state index contributed by atoms with van der Waals surface area (Å²) in [5.74, 6) is -0.108. The Kier molecular flexibility index (Phi) is 6.03. The van der Waals surface area contributed by atoms with Crippen LogP contribution < -0.4 is 11.1 Å². The van der Waals surface area contributed by atoms with Gasteiger partial charge in [0.1, 0.15) is 0 Å². The van der Waals surface area contributed by atoms with Crippen LogP contribution in [-0.4, -0.2) is 17.6 Å². The summed E-state index contributed by atoms with van der Waals surface area (Å²) in [5.41, 5.74) is 6.66. The van der Waals surface area contributed by atoms with Crippen molar-refractivity contribution in [1.29, 1.82) is 0 Å². The van der Waals surface area contributed by atoms with Crippen LogP contribution in [-0.2, 0) is 16.0 Å². The number of nitrogens with one attached hydrogen (secondary N) is 1. The Morgan fingerprint density at radius 2 is 1.68 bits per heavy atom. The minimum Gasteiger partial charge on any atom is -0.369 e. The minimum atomic E-state index is -0.373. The second-order valence-electron chi connectivity index (χ2n) is 4.63. The smallest absolute Gasteiger partial charge is 0.234 e. The van der Waals surface area contributed by atoms with Crippen molar-refractivity contribution in [3.8, 4) is 0 Å². The number of rotatable bonds is 6. The molecule has 0 aliphatic rings. The summed E-state index contributed by atoms with van der Waals surface area (Å²) in [6, 6.07) is 14.9. The first-order valence-electron chi connectivity index (χ1n) is 6.58. The fourth-order valence-corrected chi connectivity index (χ4v) is 2.75. The lowest BCUT2D eigenvalue weighted by atomic mass is 10.1. The van der Waals surface area contributed by atoms with E-state index in [2.05, 4.69) is 21.2 Å². The highest BCUT2D eigenvalue weighted by Gasteiger charge is 2.04. The Balaban J connectivity index is 1.83. The Morgan fingerprint density at radius 1 is 1.05 bits per heavy atom. The molecule has 0 unspecified atom stereocenters. The lowest BCUT2D eigenvalue weighted by Gasteiger charge is -2.06. The summed E-state index contributed by atoms with van der Waals surface area (Å²) in [6.45, 7) is 0. The molecule has 0 saturated heterocycles. The van der Waals surface area contributed by atoms with Crippen molar-refractivity contribution in [2.45, 2.75) is 11.3 Å². The molecule has 6 heteroatoms. The first-order valence-corrected chi connectivity index (χ1v) is 8.36. The van der Waals surface area contributed by atoms with Gasteiger partial charge in [0.15, 0.2) is 0 Å². The molecule has 0 aromatic heterocycles. The molecule has 0 fully saturated rings. The van der Waals surface area contributed by atoms with E-state index < -0.39 is 0 Å².